The van der Waals surface area contributed by atoms with E-state index in [0.717, 1.165) is 24.0 Å². The Morgan fingerprint density at radius 3 is 1.44 bits per heavy atom. The zero-order valence-corrected chi connectivity index (χ0v) is 41.6. The summed E-state index contributed by atoms with van der Waals surface area (Å²) in [6.07, 6.45) is 4.37. The van der Waals surface area contributed by atoms with E-state index in [4.69, 9.17) is 37.6 Å². The Hall–Kier alpha value is -3.32. The van der Waals surface area contributed by atoms with Crippen molar-refractivity contribution >= 4 is 149 Å². The van der Waals surface area contributed by atoms with Crippen molar-refractivity contribution in [2.75, 3.05) is 26.7 Å². The van der Waals surface area contributed by atoms with Crippen LogP contribution in [0.4, 0.5) is 42.9 Å². The Morgan fingerprint density at radius 2 is 1.11 bits per heavy atom. The molecule has 0 unspecified atom stereocenters. The van der Waals surface area contributed by atoms with Crippen LogP contribution in [-0.2, 0) is 23.8 Å². The van der Waals surface area contributed by atoms with Gasteiger partial charge in [0.25, 0.3) is 11.8 Å². The van der Waals surface area contributed by atoms with E-state index in [9.17, 15) is 23.2 Å². The van der Waals surface area contributed by atoms with Gasteiger partial charge in [0.05, 0.1) is 25.8 Å². The first-order chi connectivity index (χ1) is 28.6. The fourth-order valence-electron chi connectivity index (χ4n) is 7.77. The molecule has 61 heavy (non-hydrogen) atoms. The minimum absolute atomic E-state index is 0. The van der Waals surface area contributed by atoms with Gasteiger partial charge in [-0.25, -0.2) is 23.3 Å². The van der Waals surface area contributed by atoms with Gasteiger partial charge in [-0.05, 0) is 171 Å². The fourth-order valence-corrected chi connectivity index (χ4v) is 9.04. The number of anilines is 4. The molecule has 4 aromatic carbocycles. The van der Waals surface area contributed by atoms with E-state index in [1.807, 2.05) is 40.5 Å². The van der Waals surface area contributed by atoms with E-state index >= 15 is 0 Å². The number of carbonyl (C=O) groups is 3. The van der Waals surface area contributed by atoms with Crippen molar-refractivity contribution in [1.29, 1.82) is 0 Å². The number of hydrogen-bond donors (Lipinski definition) is 0. The van der Waals surface area contributed by atoms with Crippen molar-refractivity contribution in [3.63, 3.8) is 0 Å². The predicted molar refractivity (Wildman–Crippen MR) is 265 cm³/mol. The number of thiocarbonyl (C=S) groups is 2. The summed E-state index contributed by atoms with van der Waals surface area (Å²) in [5.41, 5.74) is 3.06. The Labute approximate surface area is 407 Å². The molecule has 2 aliphatic heterocycles. The number of amides is 2. The summed E-state index contributed by atoms with van der Waals surface area (Å²) in [5.74, 6) is -2.07. The summed E-state index contributed by atoms with van der Waals surface area (Å²) in [5, 5.41) is 0.607. The fraction of sp³-hybridized carbons (Fsp3) is 0.279. The molecule has 2 heterocycles. The number of methoxy groups -OCH3 is 1. The van der Waals surface area contributed by atoms with E-state index in [1.54, 1.807) is 60.4 Å². The van der Waals surface area contributed by atoms with Crippen LogP contribution >= 0.6 is 87.0 Å². The van der Waals surface area contributed by atoms with Gasteiger partial charge in [-0.3, -0.25) is 19.4 Å². The first-order valence-corrected chi connectivity index (χ1v) is 29.1. The number of halogens is 5. The molecular formula is C43H37F2I3N6O4S2V. The molecule has 4 aliphatic rings. The Kier molecular flexibility index (Phi) is 16.0. The second-order valence-corrected chi connectivity index (χ2v) is 28.0. The van der Waals surface area contributed by atoms with Gasteiger partial charge >= 0.3 is 55.4 Å². The van der Waals surface area contributed by atoms with Gasteiger partial charge in [0.1, 0.15) is 22.7 Å². The van der Waals surface area contributed by atoms with Crippen LogP contribution in [0.2, 0.25) is 0 Å². The van der Waals surface area contributed by atoms with Gasteiger partial charge in [-0.2, -0.15) is 0 Å². The Morgan fingerprint density at radius 1 is 0.721 bits per heavy atom. The third kappa shape index (κ3) is 8.81. The second-order valence-electron chi connectivity index (χ2n) is 14.3. The van der Waals surface area contributed by atoms with Crippen molar-refractivity contribution < 1.29 is 37.4 Å². The number of hydrogen-bond acceptors (Lipinski definition) is 6. The average molecular weight is 1240 g/mol. The summed E-state index contributed by atoms with van der Waals surface area (Å²) in [7, 11) is 1.81. The first-order valence-electron chi connectivity index (χ1n) is 18.2. The van der Waals surface area contributed by atoms with Gasteiger partial charge in [-0.15, -0.1) is 0 Å². The van der Waals surface area contributed by atoms with Crippen LogP contribution in [0.15, 0.2) is 72.8 Å². The van der Waals surface area contributed by atoms with Crippen LogP contribution in [-0.4, -0.2) is 46.2 Å². The van der Waals surface area contributed by atoms with Gasteiger partial charge in [0, 0.05) is 26.3 Å². The van der Waals surface area contributed by atoms with Crippen molar-refractivity contribution in [2.45, 2.75) is 70.9 Å². The van der Waals surface area contributed by atoms with Gasteiger partial charge in [0.2, 0.25) is 0 Å². The van der Waals surface area contributed by atoms with Crippen molar-refractivity contribution in [3.8, 4) is 0 Å². The molecule has 10 nitrogen and oxygen atoms in total. The molecule has 2 spiro atoms. The maximum absolute atomic E-state index is 14.6. The molecular weight excluding hydrogens is 1200 g/mol. The second kappa shape index (κ2) is 20.0. The number of carbonyl (C=O) groups excluding carboxylic acids is 3. The topological polar surface area (TPSA) is 82.1 Å². The first kappa shape index (κ1) is 48.7. The van der Waals surface area contributed by atoms with Crippen LogP contribution in [0.3, 0.4) is 0 Å². The molecule has 0 aromatic heterocycles. The minimum atomic E-state index is -0.858. The molecule has 2 amide bonds. The molecule has 2 aliphatic carbocycles. The summed E-state index contributed by atoms with van der Waals surface area (Å²) < 4.78 is 33.9. The molecule has 0 atom stereocenters. The zero-order chi connectivity index (χ0) is 43.7. The van der Waals surface area contributed by atoms with E-state index in [1.165, 1.54) is 35.1 Å². The van der Waals surface area contributed by atoms with Crippen LogP contribution in [0, 0.1) is 42.2 Å². The molecule has 18 heteroatoms. The molecule has 4 fully saturated rings. The molecule has 8 rings (SSSR count). The van der Waals surface area contributed by atoms with Crippen LogP contribution in [0.25, 0.3) is 9.69 Å². The van der Waals surface area contributed by atoms with Crippen LogP contribution < -0.4 is 19.6 Å². The number of nitrogens with zero attached hydrogens (tertiary/aromatic N) is 6. The van der Waals surface area contributed by atoms with Crippen molar-refractivity contribution in [1.82, 2.24) is 0 Å². The number of rotatable bonds is 5. The molecule has 2 saturated heterocycles. The average Bonchev–Trinajstić information content (AvgIpc) is 3.58. The Balaban J connectivity index is 0.000000215. The summed E-state index contributed by atoms with van der Waals surface area (Å²) in [6.45, 7) is 18.1. The summed E-state index contributed by atoms with van der Waals surface area (Å²) in [6, 6.07) is 19.4. The molecule has 0 bridgehead atoms. The molecule has 2 saturated carbocycles. The van der Waals surface area contributed by atoms with Crippen molar-refractivity contribution in [2.24, 2.45) is 0 Å². The number of benzene rings is 4. The number of esters is 1. The molecule has 315 valence electrons. The number of aryl methyl sites for hydroxylation is 2. The van der Waals surface area contributed by atoms with Crippen LogP contribution in [0.5, 0.6) is 0 Å². The third-order valence-corrected chi connectivity index (χ3v) is 12.7. The maximum atomic E-state index is 14.6. The Bertz CT molecular complexity index is 2550. The predicted octanol–water partition coefficient (Wildman–Crippen LogP) is 12.3. The van der Waals surface area contributed by atoms with Crippen LogP contribution in [0.1, 0.15) is 67.4 Å². The van der Waals surface area contributed by atoms with E-state index in [-0.39, 0.29) is 35.7 Å². The SMILES string of the molecule is C.[C-]#[N+]c1ccc(N2C(=O)C3(CCC3)N(c3ccc(C(=O)OC)c(F)c3)C2=S)cc1C.[C-]#[N+]c1ccc(N2C(=O)C3(CCC3)N(c3ccc(I)c(F)c3)C2=S)cc1C.[I][V][I]. The van der Waals surface area contributed by atoms with E-state index in [0.29, 0.717) is 78.0 Å². The molecule has 0 N–H and O–H groups in total. The third-order valence-electron chi connectivity index (χ3n) is 11.1. The van der Waals surface area contributed by atoms with Gasteiger partial charge in [0.15, 0.2) is 21.6 Å². The summed E-state index contributed by atoms with van der Waals surface area (Å²) in [4.78, 5) is 51.9. The van der Waals surface area contributed by atoms with Crippen molar-refractivity contribution in [3.05, 3.63) is 128 Å². The standard InChI is InChI=1S/C22H18FN3O3S.C20H15FIN3OS.CH4.2HI.V/c1-13-11-14(6-8-18(13)24-2)25-20(28)22(9-4-10-22)26(21(25)30)15-5-7-16(17(23)12-15)19(27)29-3;1-12-10-13(5-7-17(12)23-2)24-18(26)20(8-3-9-20)25(19(24)27)14-4-6-16(22)15(21)11-14;;;;/h5-8,11-12H,4,9-10H2,1,3H3;4-7,10-11H,3,8-9H2,1H3;1H4;2*1H;/q;;;;;+2/p-2. The zero-order valence-electron chi connectivity index (χ0n) is 32.1. The molecule has 0 radical (unpaired) electrons. The quantitative estimate of drug-likeness (QED) is 0.0846. The van der Waals surface area contributed by atoms with E-state index in [2.05, 4.69) is 54.4 Å². The normalized spacial score (nSPS) is 16.6. The monoisotopic (exact) mass is 1230 g/mol. The van der Waals surface area contributed by atoms with Gasteiger partial charge in [-0.1, -0.05) is 19.6 Å². The number of ether oxygens (including phenoxy) is 1. The summed E-state index contributed by atoms with van der Waals surface area (Å²) >= 11 is 18.0. The van der Waals surface area contributed by atoms with Gasteiger partial charge < -0.3 is 14.5 Å². The molecule has 4 aromatic rings. The van der Waals surface area contributed by atoms with E-state index < -0.39 is 22.9 Å².